The molecule has 5 nitrogen and oxygen atoms in total. The van der Waals surface area contributed by atoms with Crippen LogP contribution >= 0.6 is 11.8 Å². The Hall–Kier alpha value is -3.04. The van der Waals surface area contributed by atoms with Gasteiger partial charge in [-0.3, -0.25) is 9.59 Å². The molecule has 6 heteroatoms. The van der Waals surface area contributed by atoms with E-state index in [1.54, 1.807) is 30.3 Å². The van der Waals surface area contributed by atoms with Crippen molar-refractivity contribution in [2.45, 2.75) is 11.8 Å². The second kappa shape index (κ2) is 7.89. The van der Waals surface area contributed by atoms with E-state index in [0.717, 1.165) is 4.90 Å². The summed E-state index contributed by atoms with van der Waals surface area (Å²) >= 11 is 1.49. The zero-order chi connectivity index (χ0) is 18.5. The SMILES string of the molecule is C[C@H](C#N)CSc1ccccc1NC(=O)c1cc(=O)c2ccccc2o1. The molecule has 0 unspecified atom stereocenters. The summed E-state index contributed by atoms with van der Waals surface area (Å²) in [5.41, 5.74) is 0.724. The molecule has 3 aromatic rings. The van der Waals surface area contributed by atoms with E-state index in [-0.39, 0.29) is 17.1 Å². The smallest absolute Gasteiger partial charge is 0.291 e. The summed E-state index contributed by atoms with van der Waals surface area (Å²) in [5.74, 6) is -0.00978. The van der Waals surface area contributed by atoms with Crippen LogP contribution in [0.1, 0.15) is 17.5 Å². The Morgan fingerprint density at radius 2 is 1.96 bits per heavy atom. The number of thioether (sulfide) groups is 1. The summed E-state index contributed by atoms with van der Waals surface area (Å²) < 4.78 is 5.57. The molecular formula is C20H16N2O3S. The number of hydrogen-bond acceptors (Lipinski definition) is 5. The molecular weight excluding hydrogens is 348 g/mol. The van der Waals surface area contributed by atoms with E-state index >= 15 is 0 Å². The van der Waals surface area contributed by atoms with Gasteiger partial charge in [0.2, 0.25) is 0 Å². The van der Waals surface area contributed by atoms with E-state index in [1.165, 1.54) is 17.8 Å². The summed E-state index contributed by atoms with van der Waals surface area (Å²) in [6.07, 6.45) is 0. The minimum absolute atomic E-state index is 0.0427. The maximum atomic E-state index is 12.6. The predicted octanol–water partition coefficient (Wildman–Crippen LogP) is 4.30. The van der Waals surface area contributed by atoms with Crippen LogP contribution in [0.3, 0.4) is 0 Å². The molecule has 1 N–H and O–H groups in total. The minimum atomic E-state index is -0.491. The highest BCUT2D eigenvalue weighted by Crippen LogP contribution is 2.29. The third-order valence-corrected chi connectivity index (χ3v) is 5.04. The van der Waals surface area contributed by atoms with Crippen molar-refractivity contribution in [3.05, 3.63) is 70.6 Å². The van der Waals surface area contributed by atoms with Gasteiger partial charge in [-0.15, -0.1) is 11.8 Å². The van der Waals surface area contributed by atoms with Crippen LogP contribution in [-0.4, -0.2) is 11.7 Å². The topological polar surface area (TPSA) is 83.1 Å². The molecule has 1 heterocycles. The quantitative estimate of drug-likeness (QED) is 0.683. The number of amides is 1. The Morgan fingerprint density at radius 3 is 2.77 bits per heavy atom. The van der Waals surface area contributed by atoms with Gasteiger partial charge in [-0.05, 0) is 31.2 Å². The normalized spacial score (nSPS) is 11.7. The van der Waals surface area contributed by atoms with Crippen molar-refractivity contribution in [3.63, 3.8) is 0 Å². The van der Waals surface area contributed by atoms with Crippen LogP contribution in [0.4, 0.5) is 5.69 Å². The predicted molar refractivity (Wildman–Crippen MR) is 102 cm³/mol. The van der Waals surface area contributed by atoms with Crippen LogP contribution in [-0.2, 0) is 0 Å². The highest BCUT2D eigenvalue weighted by molar-refractivity contribution is 7.99. The highest BCUT2D eigenvalue weighted by Gasteiger charge is 2.14. The molecule has 1 atom stereocenters. The fourth-order valence-electron chi connectivity index (χ4n) is 2.35. The molecule has 0 radical (unpaired) electrons. The van der Waals surface area contributed by atoms with Crippen molar-refractivity contribution in [1.82, 2.24) is 0 Å². The number of nitrogens with zero attached hydrogens (tertiary/aromatic N) is 1. The van der Waals surface area contributed by atoms with Gasteiger partial charge in [-0.25, -0.2) is 0 Å². The number of anilines is 1. The maximum Gasteiger partial charge on any atom is 0.291 e. The number of rotatable bonds is 5. The number of carbonyl (C=O) groups excluding carboxylic acids is 1. The van der Waals surface area contributed by atoms with E-state index in [4.69, 9.17) is 9.68 Å². The van der Waals surface area contributed by atoms with E-state index in [9.17, 15) is 9.59 Å². The molecule has 0 saturated heterocycles. The van der Waals surface area contributed by atoms with Crippen LogP contribution < -0.4 is 10.7 Å². The lowest BCUT2D eigenvalue weighted by Crippen LogP contribution is -2.15. The van der Waals surface area contributed by atoms with E-state index < -0.39 is 5.91 Å². The van der Waals surface area contributed by atoms with Gasteiger partial charge >= 0.3 is 0 Å². The number of para-hydroxylation sites is 2. The molecule has 0 aliphatic rings. The lowest BCUT2D eigenvalue weighted by molar-refractivity contribution is 0.0997. The van der Waals surface area contributed by atoms with Gasteiger partial charge in [0.05, 0.1) is 23.1 Å². The molecule has 2 aromatic carbocycles. The number of nitrogens with one attached hydrogen (secondary N) is 1. The average molecular weight is 364 g/mol. The second-order valence-electron chi connectivity index (χ2n) is 5.76. The summed E-state index contributed by atoms with van der Waals surface area (Å²) in [7, 11) is 0. The third-order valence-electron chi connectivity index (χ3n) is 3.70. The lowest BCUT2D eigenvalue weighted by atomic mass is 10.2. The third kappa shape index (κ3) is 3.95. The number of hydrogen-bond donors (Lipinski definition) is 1. The Morgan fingerprint density at radius 1 is 1.23 bits per heavy atom. The first-order chi connectivity index (χ1) is 12.6. The van der Waals surface area contributed by atoms with E-state index in [0.29, 0.717) is 22.4 Å². The zero-order valence-corrected chi connectivity index (χ0v) is 14.9. The molecule has 26 heavy (non-hydrogen) atoms. The molecule has 0 saturated carbocycles. The van der Waals surface area contributed by atoms with Crippen molar-refractivity contribution in [2.24, 2.45) is 5.92 Å². The first-order valence-corrected chi connectivity index (χ1v) is 9.02. The minimum Gasteiger partial charge on any atom is -0.451 e. The van der Waals surface area contributed by atoms with E-state index in [2.05, 4.69) is 11.4 Å². The Balaban J connectivity index is 1.85. The zero-order valence-electron chi connectivity index (χ0n) is 14.1. The summed E-state index contributed by atoms with van der Waals surface area (Å²) in [4.78, 5) is 25.6. The van der Waals surface area contributed by atoms with Gasteiger partial charge in [0.15, 0.2) is 11.2 Å². The van der Waals surface area contributed by atoms with Crippen molar-refractivity contribution in [2.75, 3.05) is 11.1 Å². The first-order valence-electron chi connectivity index (χ1n) is 8.04. The molecule has 3 rings (SSSR count). The molecule has 0 fully saturated rings. The van der Waals surface area contributed by atoms with Crippen molar-refractivity contribution >= 4 is 34.3 Å². The molecule has 0 aliphatic heterocycles. The van der Waals surface area contributed by atoms with Gasteiger partial charge in [-0.2, -0.15) is 5.26 Å². The number of nitriles is 1. The Bertz CT molecular complexity index is 1050. The second-order valence-corrected chi connectivity index (χ2v) is 6.82. The summed E-state index contributed by atoms with van der Waals surface area (Å²) in [6, 6.07) is 17.5. The monoisotopic (exact) mass is 364 g/mol. The van der Waals surface area contributed by atoms with Crippen LogP contribution in [0.25, 0.3) is 11.0 Å². The standard InChI is InChI=1S/C20H16N2O3S/c1-13(11-21)12-26-19-9-5-3-7-15(19)22-20(24)18-10-16(23)14-6-2-4-8-17(14)25-18/h2-10,13H,12H2,1H3,(H,22,24)/t13-/m1/s1. The molecule has 0 spiro atoms. The van der Waals surface area contributed by atoms with Crippen LogP contribution in [0.15, 0.2) is 68.7 Å². The Labute approximate surface area is 154 Å². The van der Waals surface area contributed by atoms with Gasteiger partial charge in [-0.1, -0.05) is 24.3 Å². The molecule has 1 aromatic heterocycles. The van der Waals surface area contributed by atoms with Crippen LogP contribution in [0, 0.1) is 17.2 Å². The fourth-order valence-corrected chi connectivity index (χ4v) is 3.30. The van der Waals surface area contributed by atoms with E-state index in [1.807, 2.05) is 25.1 Å². The number of benzene rings is 2. The highest BCUT2D eigenvalue weighted by atomic mass is 32.2. The van der Waals surface area contributed by atoms with Crippen molar-refractivity contribution < 1.29 is 9.21 Å². The first kappa shape index (κ1) is 17.8. The van der Waals surface area contributed by atoms with Crippen LogP contribution in [0.2, 0.25) is 0 Å². The summed E-state index contributed by atoms with van der Waals surface area (Å²) in [6.45, 7) is 1.85. The maximum absolute atomic E-state index is 12.6. The molecule has 1 amide bonds. The van der Waals surface area contributed by atoms with Gasteiger partial charge in [0.25, 0.3) is 5.91 Å². The average Bonchev–Trinajstić information content (AvgIpc) is 2.67. The van der Waals surface area contributed by atoms with Gasteiger partial charge in [0.1, 0.15) is 5.58 Å². The van der Waals surface area contributed by atoms with Crippen LogP contribution in [0.5, 0.6) is 0 Å². The van der Waals surface area contributed by atoms with Gasteiger partial charge < -0.3 is 9.73 Å². The largest absolute Gasteiger partial charge is 0.451 e. The molecule has 0 bridgehead atoms. The number of fused-ring (bicyclic) bond motifs is 1. The lowest BCUT2D eigenvalue weighted by Gasteiger charge is -2.11. The fraction of sp³-hybridized carbons (Fsp3) is 0.150. The molecule has 130 valence electrons. The molecule has 0 aliphatic carbocycles. The number of carbonyl (C=O) groups is 1. The van der Waals surface area contributed by atoms with Gasteiger partial charge in [0, 0.05) is 16.7 Å². The van der Waals surface area contributed by atoms with Crippen molar-refractivity contribution in [1.29, 1.82) is 5.26 Å². The Kier molecular flexibility index (Phi) is 5.40. The van der Waals surface area contributed by atoms with Crippen molar-refractivity contribution in [3.8, 4) is 6.07 Å². The summed E-state index contributed by atoms with van der Waals surface area (Å²) in [5, 5.41) is 12.1.